The number of carbonyl (C=O) groups excluding carboxylic acids is 1. The van der Waals surface area contributed by atoms with Crippen molar-refractivity contribution in [3.63, 3.8) is 0 Å². The SMILES string of the molecule is O=C(NCC1(N2CCOCC2)CCCCC1)c1ccc[nH]c1=O. The van der Waals surface area contributed by atoms with Gasteiger partial charge in [-0.15, -0.1) is 0 Å². The molecule has 1 aliphatic heterocycles. The van der Waals surface area contributed by atoms with E-state index < -0.39 is 0 Å². The normalized spacial score (nSPS) is 21.7. The Balaban J connectivity index is 1.70. The summed E-state index contributed by atoms with van der Waals surface area (Å²) in [5.74, 6) is -0.287. The molecular weight excluding hydrogens is 294 g/mol. The van der Waals surface area contributed by atoms with E-state index in [-0.39, 0.29) is 22.6 Å². The van der Waals surface area contributed by atoms with Crippen LogP contribution in [-0.4, -0.2) is 54.2 Å². The van der Waals surface area contributed by atoms with Crippen LogP contribution in [0.4, 0.5) is 0 Å². The van der Waals surface area contributed by atoms with Gasteiger partial charge in [-0.05, 0) is 25.0 Å². The van der Waals surface area contributed by atoms with Crippen LogP contribution in [0.1, 0.15) is 42.5 Å². The minimum atomic E-state index is -0.339. The van der Waals surface area contributed by atoms with Gasteiger partial charge in [0.05, 0.1) is 13.2 Å². The maximum atomic E-state index is 12.4. The zero-order valence-corrected chi connectivity index (χ0v) is 13.5. The summed E-state index contributed by atoms with van der Waals surface area (Å²) in [6.45, 7) is 3.95. The molecule has 2 fully saturated rings. The van der Waals surface area contributed by atoms with Crippen molar-refractivity contribution >= 4 is 5.91 Å². The number of H-pyrrole nitrogens is 1. The van der Waals surface area contributed by atoms with E-state index in [1.165, 1.54) is 25.5 Å². The summed E-state index contributed by atoms with van der Waals surface area (Å²) in [4.78, 5) is 29.1. The highest BCUT2D eigenvalue weighted by atomic mass is 16.5. The van der Waals surface area contributed by atoms with E-state index >= 15 is 0 Å². The summed E-state index contributed by atoms with van der Waals surface area (Å²) >= 11 is 0. The molecule has 126 valence electrons. The minimum absolute atomic E-state index is 0.0131. The zero-order chi connectivity index (χ0) is 16.1. The lowest BCUT2D eigenvalue weighted by atomic mass is 9.79. The van der Waals surface area contributed by atoms with E-state index in [1.54, 1.807) is 12.1 Å². The fourth-order valence-electron chi connectivity index (χ4n) is 3.79. The molecule has 2 aliphatic rings. The molecule has 1 aromatic heterocycles. The molecule has 23 heavy (non-hydrogen) atoms. The number of ether oxygens (including phenoxy) is 1. The van der Waals surface area contributed by atoms with Crippen LogP contribution < -0.4 is 10.9 Å². The number of rotatable bonds is 4. The van der Waals surface area contributed by atoms with Gasteiger partial charge in [-0.1, -0.05) is 19.3 Å². The summed E-state index contributed by atoms with van der Waals surface area (Å²) in [5, 5.41) is 3.01. The van der Waals surface area contributed by atoms with Crippen LogP contribution in [0.15, 0.2) is 23.1 Å². The van der Waals surface area contributed by atoms with Crippen LogP contribution in [-0.2, 0) is 4.74 Å². The number of morpholine rings is 1. The van der Waals surface area contributed by atoms with Gasteiger partial charge >= 0.3 is 0 Å². The van der Waals surface area contributed by atoms with E-state index in [9.17, 15) is 9.59 Å². The maximum Gasteiger partial charge on any atom is 0.260 e. The largest absolute Gasteiger partial charge is 0.379 e. The van der Waals surface area contributed by atoms with Crippen LogP contribution in [0.25, 0.3) is 0 Å². The standard InChI is InChI=1S/C17H25N3O3/c21-15-14(5-4-8-18-15)16(22)19-13-17(6-2-1-3-7-17)20-9-11-23-12-10-20/h4-5,8H,1-3,6-7,9-13H2,(H,18,21)(H,19,22). The first-order valence-electron chi connectivity index (χ1n) is 8.50. The molecule has 0 bridgehead atoms. The topological polar surface area (TPSA) is 74.4 Å². The predicted molar refractivity (Wildman–Crippen MR) is 87.6 cm³/mol. The second-order valence-electron chi connectivity index (χ2n) is 6.48. The molecule has 0 radical (unpaired) electrons. The van der Waals surface area contributed by atoms with Crippen LogP contribution >= 0.6 is 0 Å². The molecule has 1 saturated heterocycles. The van der Waals surface area contributed by atoms with E-state index in [2.05, 4.69) is 15.2 Å². The van der Waals surface area contributed by atoms with Crippen molar-refractivity contribution in [2.75, 3.05) is 32.8 Å². The average Bonchev–Trinajstić information content (AvgIpc) is 2.62. The van der Waals surface area contributed by atoms with Crippen molar-refractivity contribution in [1.82, 2.24) is 15.2 Å². The molecule has 1 saturated carbocycles. The number of amides is 1. The molecule has 2 heterocycles. The fourth-order valence-corrected chi connectivity index (χ4v) is 3.79. The van der Waals surface area contributed by atoms with Gasteiger partial charge in [0.1, 0.15) is 5.56 Å². The Bertz CT molecular complexity index is 587. The number of carbonyl (C=O) groups is 1. The molecule has 6 nitrogen and oxygen atoms in total. The van der Waals surface area contributed by atoms with Crippen LogP contribution in [0.5, 0.6) is 0 Å². The Morgan fingerprint density at radius 3 is 2.70 bits per heavy atom. The van der Waals surface area contributed by atoms with Gasteiger partial charge in [-0.2, -0.15) is 0 Å². The molecule has 3 rings (SSSR count). The summed E-state index contributed by atoms with van der Waals surface area (Å²) < 4.78 is 5.47. The lowest BCUT2D eigenvalue weighted by Crippen LogP contribution is -2.59. The van der Waals surface area contributed by atoms with Crippen molar-refractivity contribution in [2.24, 2.45) is 0 Å². The Hall–Kier alpha value is -1.66. The van der Waals surface area contributed by atoms with Crippen molar-refractivity contribution in [2.45, 2.75) is 37.6 Å². The quantitative estimate of drug-likeness (QED) is 0.873. The molecule has 1 aromatic rings. The van der Waals surface area contributed by atoms with Gasteiger partial charge in [0.15, 0.2) is 0 Å². The maximum absolute atomic E-state index is 12.4. The van der Waals surface area contributed by atoms with Crippen molar-refractivity contribution < 1.29 is 9.53 Å². The van der Waals surface area contributed by atoms with Crippen LogP contribution in [0.3, 0.4) is 0 Å². The number of nitrogens with one attached hydrogen (secondary N) is 2. The second-order valence-corrected chi connectivity index (χ2v) is 6.48. The molecule has 1 amide bonds. The van der Waals surface area contributed by atoms with Gasteiger partial charge in [0, 0.05) is 31.4 Å². The number of hydrogen-bond acceptors (Lipinski definition) is 4. The summed E-state index contributed by atoms with van der Waals surface area (Å²) in [5.41, 5.74) is -0.145. The van der Waals surface area contributed by atoms with Crippen molar-refractivity contribution in [3.8, 4) is 0 Å². The molecule has 0 unspecified atom stereocenters. The highest BCUT2D eigenvalue weighted by molar-refractivity contribution is 5.93. The third kappa shape index (κ3) is 3.64. The zero-order valence-electron chi connectivity index (χ0n) is 13.5. The van der Waals surface area contributed by atoms with E-state index in [0.29, 0.717) is 6.54 Å². The monoisotopic (exact) mass is 319 g/mol. The van der Waals surface area contributed by atoms with Gasteiger partial charge in [-0.25, -0.2) is 0 Å². The summed E-state index contributed by atoms with van der Waals surface area (Å²) in [6.07, 6.45) is 7.38. The lowest BCUT2D eigenvalue weighted by Gasteiger charge is -2.48. The second kappa shape index (κ2) is 7.27. The molecule has 2 N–H and O–H groups in total. The third-order valence-corrected chi connectivity index (χ3v) is 5.11. The van der Waals surface area contributed by atoms with Crippen molar-refractivity contribution in [3.05, 3.63) is 34.2 Å². The van der Waals surface area contributed by atoms with E-state index in [1.807, 2.05) is 0 Å². The average molecular weight is 319 g/mol. The number of aromatic nitrogens is 1. The van der Waals surface area contributed by atoms with Gasteiger partial charge in [-0.3, -0.25) is 14.5 Å². The third-order valence-electron chi connectivity index (χ3n) is 5.11. The van der Waals surface area contributed by atoms with E-state index in [0.717, 1.165) is 39.1 Å². The summed E-state index contributed by atoms with van der Waals surface area (Å²) in [7, 11) is 0. The Morgan fingerprint density at radius 1 is 1.26 bits per heavy atom. The Morgan fingerprint density at radius 2 is 2.00 bits per heavy atom. The van der Waals surface area contributed by atoms with Gasteiger partial charge < -0.3 is 15.0 Å². The summed E-state index contributed by atoms with van der Waals surface area (Å²) in [6, 6.07) is 3.24. The first-order valence-corrected chi connectivity index (χ1v) is 8.50. The van der Waals surface area contributed by atoms with Crippen LogP contribution in [0.2, 0.25) is 0 Å². The number of aromatic amines is 1. The molecule has 0 aromatic carbocycles. The van der Waals surface area contributed by atoms with Crippen molar-refractivity contribution in [1.29, 1.82) is 0 Å². The Labute approximate surface area is 136 Å². The fraction of sp³-hybridized carbons (Fsp3) is 0.647. The minimum Gasteiger partial charge on any atom is -0.379 e. The smallest absolute Gasteiger partial charge is 0.260 e. The Kier molecular flexibility index (Phi) is 5.13. The van der Waals surface area contributed by atoms with E-state index in [4.69, 9.17) is 4.74 Å². The molecular formula is C17H25N3O3. The molecule has 6 heteroatoms. The number of pyridine rings is 1. The highest BCUT2D eigenvalue weighted by Crippen LogP contribution is 2.33. The van der Waals surface area contributed by atoms with Gasteiger partial charge in [0.25, 0.3) is 11.5 Å². The molecule has 1 aliphatic carbocycles. The lowest BCUT2D eigenvalue weighted by molar-refractivity contribution is -0.0361. The van der Waals surface area contributed by atoms with Crippen LogP contribution in [0, 0.1) is 0 Å². The predicted octanol–water partition coefficient (Wildman–Crippen LogP) is 1.14. The molecule has 0 spiro atoms. The first-order chi connectivity index (χ1) is 11.2. The molecule has 0 atom stereocenters. The number of hydrogen-bond donors (Lipinski definition) is 2. The van der Waals surface area contributed by atoms with Gasteiger partial charge in [0.2, 0.25) is 0 Å². The first kappa shape index (κ1) is 16.2. The number of nitrogens with zero attached hydrogens (tertiary/aromatic N) is 1. The highest BCUT2D eigenvalue weighted by Gasteiger charge is 2.38.